The van der Waals surface area contributed by atoms with Gasteiger partial charge in [0.15, 0.2) is 0 Å². The largest absolute Gasteiger partial charge is 0.358 e. The number of nitrogens with one attached hydrogen (secondary N) is 2. The number of hydrogen-bond acceptors (Lipinski definition) is 3. The Labute approximate surface area is 103 Å². The molecule has 1 saturated heterocycles. The molecular formula is C12H23N3O2. The number of rotatable bonds is 5. The Morgan fingerprint density at radius 3 is 2.65 bits per heavy atom. The first-order valence-corrected chi connectivity index (χ1v) is 6.32. The van der Waals surface area contributed by atoms with Gasteiger partial charge >= 0.3 is 0 Å². The molecule has 1 fully saturated rings. The van der Waals surface area contributed by atoms with Crippen molar-refractivity contribution >= 4 is 11.8 Å². The van der Waals surface area contributed by atoms with E-state index >= 15 is 0 Å². The summed E-state index contributed by atoms with van der Waals surface area (Å²) in [5, 5.41) is 5.77. The van der Waals surface area contributed by atoms with Gasteiger partial charge in [0, 0.05) is 13.6 Å². The van der Waals surface area contributed by atoms with Crippen LogP contribution >= 0.6 is 0 Å². The van der Waals surface area contributed by atoms with Gasteiger partial charge in [-0.05, 0) is 25.3 Å². The maximum absolute atomic E-state index is 12.3. The Morgan fingerprint density at radius 2 is 2.18 bits per heavy atom. The molecule has 0 aromatic carbocycles. The smallest absolute Gasteiger partial charge is 0.240 e. The van der Waals surface area contributed by atoms with E-state index in [9.17, 15) is 9.59 Å². The second-order valence-electron chi connectivity index (χ2n) is 4.63. The molecule has 1 aliphatic heterocycles. The zero-order chi connectivity index (χ0) is 12.8. The minimum absolute atomic E-state index is 0.0560. The summed E-state index contributed by atoms with van der Waals surface area (Å²) < 4.78 is 0. The van der Waals surface area contributed by atoms with Crippen LogP contribution in [0.1, 0.15) is 26.7 Å². The molecule has 0 radical (unpaired) electrons. The molecule has 2 unspecified atom stereocenters. The molecule has 0 bridgehead atoms. The van der Waals surface area contributed by atoms with E-state index in [1.807, 2.05) is 6.92 Å². The molecule has 1 rings (SSSR count). The third-order valence-corrected chi connectivity index (χ3v) is 3.22. The summed E-state index contributed by atoms with van der Waals surface area (Å²) in [6.07, 6.45) is 1.89. The quantitative estimate of drug-likeness (QED) is 0.710. The SMILES string of the molecule is CCCN(CC(=O)NC)C(=O)C1NCCC1C. The van der Waals surface area contributed by atoms with Crippen LogP contribution < -0.4 is 10.6 Å². The first-order chi connectivity index (χ1) is 8.10. The average molecular weight is 241 g/mol. The molecular weight excluding hydrogens is 218 g/mol. The van der Waals surface area contributed by atoms with Crippen LogP contribution in [0.3, 0.4) is 0 Å². The lowest BCUT2D eigenvalue weighted by Gasteiger charge is -2.26. The van der Waals surface area contributed by atoms with Crippen LogP contribution in [-0.4, -0.2) is 49.4 Å². The zero-order valence-corrected chi connectivity index (χ0v) is 11.0. The van der Waals surface area contributed by atoms with Crippen molar-refractivity contribution in [2.24, 2.45) is 5.92 Å². The zero-order valence-electron chi connectivity index (χ0n) is 11.0. The fourth-order valence-corrected chi connectivity index (χ4v) is 2.15. The van der Waals surface area contributed by atoms with Crippen LogP contribution in [0.5, 0.6) is 0 Å². The van der Waals surface area contributed by atoms with Gasteiger partial charge in [-0.2, -0.15) is 0 Å². The predicted octanol–water partition coefficient (Wildman–Crippen LogP) is -0.0310. The fraction of sp³-hybridized carbons (Fsp3) is 0.833. The molecule has 0 aliphatic carbocycles. The molecule has 17 heavy (non-hydrogen) atoms. The highest BCUT2D eigenvalue weighted by Crippen LogP contribution is 2.16. The van der Waals surface area contributed by atoms with Crippen LogP contribution in [0.25, 0.3) is 0 Å². The molecule has 2 N–H and O–H groups in total. The highest BCUT2D eigenvalue weighted by Gasteiger charge is 2.32. The molecule has 2 amide bonds. The van der Waals surface area contributed by atoms with E-state index in [4.69, 9.17) is 0 Å². The molecule has 2 atom stereocenters. The van der Waals surface area contributed by atoms with Crippen LogP contribution in [0, 0.1) is 5.92 Å². The Hall–Kier alpha value is -1.10. The van der Waals surface area contributed by atoms with Crippen LogP contribution in [0.2, 0.25) is 0 Å². The summed E-state index contributed by atoms with van der Waals surface area (Å²) in [6.45, 7) is 5.77. The molecule has 5 nitrogen and oxygen atoms in total. The molecule has 1 heterocycles. The van der Waals surface area contributed by atoms with Crippen molar-refractivity contribution in [2.75, 3.05) is 26.7 Å². The van der Waals surface area contributed by atoms with Crippen LogP contribution in [0.15, 0.2) is 0 Å². The van der Waals surface area contributed by atoms with Crippen molar-refractivity contribution in [3.8, 4) is 0 Å². The fourth-order valence-electron chi connectivity index (χ4n) is 2.15. The van der Waals surface area contributed by atoms with Crippen LogP contribution in [-0.2, 0) is 9.59 Å². The Bertz CT molecular complexity index is 281. The molecule has 1 aliphatic rings. The van der Waals surface area contributed by atoms with E-state index in [1.165, 1.54) is 0 Å². The average Bonchev–Trinajstić information content (AvgIpc) is 2.73. The maximum Gasteiger partial charge on any atom is 0.240 e. The number of nitrogens with zero attached hydrogens (tertiary/aromatic N) is 1. The van der Waals surface area contributed by atoms with Crippen LogP contribution in [0.4, 0.5) is 0 Å². The molecule has 5 heteroatoms. The minimum atomic E-state index is -0.119. The summed E-state index contributed by atoms with van der Waals surface area (Å²) in [7, 11) is 1.59. The highest BCUT2D eigenvalue weighted by molar-refractivity contribution is 5.87. The Kier molecular flexibility index (Phi) is 5.41. The number of carbonyl (C=O) groups is 2. The number of amides is 2. The van der Waals surface area contributed by atoms with Gasteiger partial charge in [-0.3, -0.25) is 9.59 Å². The second-order valence-corrected chi connectivity index (χ2v) is 4.63. The molecule has 0 saturated carbocycles. The van der Waals surface area contributed by atoms with E-state index in [2.05, 4.69) is 17.6 Å². The second kappa shape index (κ2) is 6.59. The van der Waals surface area contributed by atoms with E-state index in [-0.39, 0.29) is 24.4 Å². The number of hydrogen-bond donors (Lipinski definition) is 2. The molecule has 98 valence electrons. The maximum atomic E-state index is 12.3. The summed E-state index contributed by atoms with van der Waals surface area (Å²) in [5.74, 6) is 0.296. The lowest BCUT2D eigenvalue weighted by Crippen LogP contribution is -2.49. The minimum Gasteiger partial charge on any atom is -0.358 e. The van der Waals surface area contributed by atoms with Gasteiger partial charge in [0.05, 0.1) is 12.6 Å². The Balaban J connectivity index is 2.62. The van der Waals surface area contributed by atoms with Crippen molar-refractivity contribution < 1.29 is 9.59 Å². The van der Waals surface area contributed by atoms with E-state index < -0.39 is 0 Å². The topological polar surface area (TPSA) is 61.4 Å². The predicted molar refractivity (Wildman–Crippen MR) is 66.5 cm³/mol. The summed E-state index contributed by atoms with van der Waals surface area (Å²) in [6, 6.07) is -0.119. The summed E-state index contributed by atoms with van der Waals surface area (Å²) in [5.41, 5.74) is 0. The van der Waals surface area contributed by atoms with Crippen molar-refractivity contribution in [1.82, 2.24) is 15.5 Å². The molecule has 0 spiro atoms. The lowest BCUT2D eigenvalue weighted by atomic mass is 10.0. The van der Waals surface area contributed by atoms with Crippen molar-refractivity contribution in [1.29, 1.82) is 0 Å². The van der Waals surface area contributed by atoms with E-state index in [0.717, 1.165) is 19.4 Å². The van der Waals surface area contributed by atoms with Gasteiger partial charge in [0.2, 0.25) is 11.8 Å². The molecule has 0 aromatic heterocycles. The first-order valence-electron chi connectivity index (χ1n) is 6.32. The number of likely N-dealkylation sites (N-methyl/N-ethyl adjacent to an activating group) is 1. The standard InChI is InChI=1S/C12H23N3O2/c1-4-7-15(8-10(16)13-3)12(17)11-9(2)5-6-14-11/h9,11,14H,4-8H2,1-3H3,(H,13,16). The first kappa shape index (κ1) is 14.0. The monoisotopic (exact) mass is 241 g/mol. The van der Waals surface area contributed by atoms with Gasteiger partial charge in [-0.1, -0.05) is 13.8 Å². The lowest BCUT2D eigenvalue weighted by molar-refractivity contribution is -0.138. The third-order valence-electron chi connectivity index (χ3n) is 3.22. The summed E-state index contributed by atoms with van der Waals surface area (Å²) >= 11 is 0. The van der Waals surface area contributed by atoms with Gasteiger partial charge in [0.1, 0.15) is 0 Å². The normalized spacial score (nSPS) is 23.5. The van der Waals surface area contributed by atoms with Gasteiger partial charge in [-0.15, -0.1) is 0 Å². The van der Waals surface area contributed by atoms with E-state index in [0.29, 0.717) is 12.5 Å². The van der Waals surface area contributed by atoms with Gasteiger partial charge in [0.25, 0.3) is 0 Å². The van der Waals surface area contributed by atoms with E-state index in [1.54, 1.807) is 11.9 Å². The summed E-state index contributed by atoms with van der Waals surface area (Å²) in [4.78, 5) is 25.3. The Morgan fingerprint density at radius 1 is 1.47 bits per heavy atom. The van der Waals surface area contributed by atoms with Crippen molar-refractivity contribution in [2.45, 2.75) is 32.7 Å². The number of carbonyl (C=O) groups excluding carboxylic acids is 2. The highest BCUT2D eigenvalue weighted by atomic mass is 16.2. The molecule has 0 aromatic rings. The third kappa shape index (κ3) is 3.70. The van der Waals surface area contributed by atoms with Crippen molar-refractivity contribution in [3.05, 3.63) is 0 Å². The van der Waals surface area contributed by atoms with Gasteiger partial charge < -0.3 is 15.5 Å². The van der Waals surface area contributed by atoms with Gasteiger partial charge in [-0.25, -0.2) is 0 Å². The van der Waals surface area contributed by atoms with Crippen molar-refractivity contribution in [3.63, 3.8) is 0 Å².